The maximum Gasteiger partial charge on any atom is 0.282 e. The molecule has 8 heteroatoms. The lowest BCUT2D eigenvalue weighted by atomic mass is 9.91. The van der Waals surface area contributed by atoms with E-state index in [4.69, 9.17) is 23.2 Å². The molecule has 1 N–H and O–H groups in total. The molecule has 30 heavy (non-hydrogen) atoms. The van der Waals surface area contributed by atoms with Gasteiger partial charge in [0.05, 0.1) is 16.8 Å². The van der Waals surface area contributed by atoms with Crippen molar-refractivity contribution >= 4 is 40.5 Å². The summed E-state index contributed by atoms with van der Waals surface area (Å²) in [6.07, 6.45) is 3.30. The Morgan fingerprint density at radius 1 is 1.10 bits per heavy atom. The number of carbonyl (C=O) groups is 1. The maximum atomic E-state index is 13.5. The summed E-state index contributed by atoms with van der Waals surface area (Å²) in [5.41, 5.74) is 4.90. The average molecular weight is 449 g/mol. The highest BCUT2D eigenvalue weighted by Crippen LogP contribution is 2.42. The molecule has 158 valence electrons. The Kier molecular flexibility index (Phi) is 6.27. The van der Waals surface area contributed by atoms with E-state index in [9.17, 15) is 9.18 Å². The zero-order valence-electron chi connectivity index (χ0n) is 16.6. The molecule has 2 atom stereocenters. The first-order valence-corrected chi connectivity index (χ1v) is 10.8. The van der Waals surface area contributed by atoms with Gasteiger partial charge in [0.25, 0.3) is 5.91 Å². The van der Waals surface area contributed by atoms with Crippen LogP contribution in [-0.4, -0.2) is 29.7 Å². The van der Waals surface area contributed by atoms with E-state index in [2.05, 4.69) is 10.5 Å². The summed E-state index contributed by atoms with van der Waals surface area (Å²) < 4.78 is 13.5. The molecule has 2 aromatic rings. The molecule has 0 bridgehead atoms. The molecule has 0 radical (unpaired) electrons. The number of benzene rings is 2. The van der Waals surface area contributed by atoms with E-state index < -0.39 is 0 Å². The Morgan fingerprint density at radius 3 is 2.47 bits per heavy atom. The highest BCUT2D eigenvalue weighted by molar-refractivity contribution is 6.41. The minimum Gasteiger partial charge on any atom is -0.284 e. The summed E-state index contributed by atoms with van der Waals surface area (Å²) >= 11 is 12.5. The molecule has 2 aliphatic rings. The van der Waals surface area contributed by atoms with Crippen molar-refractivity contribution in [2.75, 3.05) is 18.1 Å². The first kappa shape index (κ1) is 21.1. The number of hydrogen-bond donors (Lipinski definition) is 1. The van der Waals surface area contributed by atoms with Gasteiger partial charge in [-0.2, -0.15) is 5.10 Å². The molecule has 0 aliphatic carbocycles. The van der Waals surface area contributed by atoms with Crippen LogP contribution < -0.4 is 10.4 Å². The molecule has 5 nitrogen and oxygen atoms in total. The Balaban J connectivity index is 1.68. The van der Waals surface area contributed by atoms with Gasteiger partial charge in [0, 0.05) is 24.0 Å². The predicted molar refractivity (Wildman–Crippen MR) is 118 cm³/mol. The quantitative estimate of drug-likeness (QED) is 0.698. The van der Waals surface area contributed by atoms with Crippen LogP contribution in [0.5, 0.6) is 0 Å². The minimum absolute atomic E-state index is 0.218. The van der Waals surface area contributed by atoms with Crippen LogP contribution in [0.3, 0.4) is 0 Å². The van der Waals surface area contributed by atoms with Crippen molar-refractivity contribution < 1.29 is 9.18 Å². The standard InChI is InChI=1S/C22H23Cl2FN4O/c1-14-20(22(30)27-28-11-3-2-4-12-28)26-29(19-10-7-16(23)13-18(19)24)21(14)15-5-8-17(25)9-6-15/h5-10,13-14,21H,2-4,11-12H2,1H3,(H,27,30). The molecule has 0 aromatic heterocycles. The number of hydrazone groups is 1. The number of amides is 1. The lowest BCUT2D eigenvalue weighted by Gasteiger charge is -2.28. The van der Waals surface area contributed by atoms with Crippen LogP contribution in [0.15, 0.2) is 47.6 Å². The number of halogens is 3. The van der Waals surface area contributed by atoms with Crippen molar-refractivity contribution in [3.63, 3.8) is 0 Å². The van der Waals surface area contributed by atoms with Crippen molar-refractivity contribution in [2.24, 2.45) is 11.0 Å². The Labute approximate surface area is 185 Å². The van der Waals surface area contributed by atoms with Crippen molar-refractivity contribution in [1.82, 2.24) is 10.4 Å². The van der Waals surface area contributed by atoms with E-state index in [1.807, 2.05) is 11.9 Å². The van der Waals surface area contributed by atoms with Crippen LogP contribution in [0.25, 0.3) is 0 Å². The van der Waals surface area contributed by atoms with Gasteiger partial charge in [-0.3, -0.25) is 15.2 Å². The molecule has 1 amide bonds. The largest absolute Gasteiger partial charge is 0.284 e. The summed E-state index contributed by atoms with van der Waals surface area (Å²) in [6, 6.07) is 11.1. The van der Waals surface area contributed by atoms with Gasteiger partial charge in [0.1, 0.15) is 11.5 Å². The first-order valence-electron chi connectivity index (χ1n) is 10.1. The number of rotatable bonds is 4. The molecule has 2 aromatic carbocycles. The van der Waals surface area contributed by atoms with E-state index >= 15 is 0 Å². The second kappa shape index (κ2) is 8.92. The molecule has 0 spiro atoms. The van der Waals surface area contributed by atoms with E-state index in [1.54, 1.807) is 35.3 Å². The fourth-order valence-electron chi connectivity index (χ4n) is 4.05. The lowest BCUT2D eigenvalue weighted by Crippen LogP contribution is -2.48. The number of nitrogens with one attached hydrogen (secondary N) is 1. The topological polar surface area (TPSA) is 47.9 Å². The number of carbonyl (C=O) groups excluding carboxylic acids is 1. The molecule has 1 fully saturated rings. The number of piperidine rings is 1. The third-order valence-corrected chi connectivity index (χ3v) is 6.14. The normalized spacial score (nSPS) is 22.1. The van der Waals surface area contributed by atoms with Crippen LogP contribution >= 0.6 is 23.2 Å². The van der Waals surface area contributed by atoms with Gasteiger partial charge in [-0.1, -0.05) is 48.7 Å². The summed E-state index contributed by atoms with van der Waals surface area (Å²) in [5, 5.41) is 9.30. The summed E-state index contributed by atoms with van der Waals surface area (Å²) in [6.45, 7) is 3.62. The van der Waals surface area contributed by atoms with Gasteiger partial charge in [0.15, 0.2) is 0 Å². The second-order valence-corrected chi connectivity index (χ2v) is 8.54. The van der Waals surface area contributed by atoms with Gasteiger partial charge < -0.3 is 0 Å². The van der Waals surface area contributed by atoms with Crippen LogP contribution in [-0.2, 0) is 4.79 Å². The number of nitrogens with zero attached hydrogens (tertiary/aromatic N) is 3. The molecular formula is C22H23Cl2FN4O. The van der Waals surface area contributed by atoms with Gasteiger partial charge in [-0.05, 0) is 48.7 Å². The fraction of sp³-hybridized carbons (Fsp3) is 0.364. The van der Waals surface area contributed by atoms with Crippen molar-refractivity contribution in [1.29, 1.82) is 0 Å². The molecule has 2 aliphatic heterocycles. The van der Waals surface area contributed by atoms with E-state index in [1.165, 1.54) is 18.6 Å². The smallest absolute Gasteiger partial charge is 0.282 e. The van der Waals surface area contributed by atoms with E-state index in [-0.39, 0.29) is 23.7 Å². The molecule has 2 unspecified atom stereocenters. The van der Waals surface area contributed by atoms with Crippen molar-refractivity contribution in [2.45, 2.75) is 32.2 Å². The van der Waals surface area contributed by atoms with Crippen molar-refractivity contribution in [3.8, 4) is 0 Å². The monoisotopic (exact) mass is 448 g/mol. The third-order valence-electron chi connectivity index (χ3n) is 5.60. The second-order valence-electron chi connectivity index (χ2n) is 7.70. The Bertz CT molecular complexity index is 960. The zero-order valence-corrected chi connectivity index (χ0v) is 18.1. The summed E-state index contributed by atoms with van der Waals surface area (Å²) in [4.78, 5) is 13.0. The fourth-order valence-corrected chi connectivity index (χ4v) is 4.55. The summed E-state index contributed by atoms with van der Waals surface area (Å²) in [5.74, 6) is -0.763. The minimum atomic E-state index is -0.315. The highest BCUT2D eigenvalue weighted by Gasteiger charge is 2.40. The molecule has 2 heterocycles. The van der Waals surface area contributed by atoms with Gasteiger partial charge in [-0.25, -0.2) is 9.40 Å². The van der Waals surface area contributed by atoms with Crippen LogP contribution in [0, 0.1) is 11.7 Å². The molecular weight excluding hydrogens is 426 g/mol. The molecule has 1 saturated heterocycles. The first-order chi connectivity index (χ1) is 14.4. The van der Waals surface area contributed by atoms with Crippen molar-refractivity contribution in [3.05, 3.63) is 63.9 Å². The Hall–Kier alpha value is -2.15. The van der Waals surface area contributed by atoms with Gasteiger partial charge in [-0.15, -0.1) is 0 Å². The number of hydrazine groups is 1. The summed E-state index contributed by atoms with van der Waals surface area (Å²) in [7, 11) is 0. The van der Waals surface area contributed by atoms with Crippen LogP contribution in [0.2, 0.25) is 10.0 Å². The van der Waals surface area contributed by atoms with Crippen LogP contribution in [0.1, 0.15) is 37.8 Å². The number of anilines is 1. The predicted octanol–water partition coefficient (Wildman–Crippen LogP) is 5.20. The van der Waals surface area contributed by atoms with E-state index in [0.717, 1.165) is 31.5 Å². The number of hydrogen-bond acceptors (Lipinski definition) is 4. The van der Waals surface area contributed by atoms with E-state index in [0.29, 0.717) is 21.4 Å². The maximum absolute atomic E-state index is 13.5. The lowest BCUT2D eigenvalue weighted by molar-refractivity contribution is -0.120. The molecule has 4 rings (SSSR count). The zero-order chi connectivity index (χ0) is 21.3. The van der Waals surface area contributed by atoms with Gasteiger partial charge >= 0.3 is 0 Å². The third kappa shape index (κ3) is 4.31. The molecule has 0 saturated carbocycles. The average Bonchev–Trinajstić information content (AvgIpc) is 3.06. The highest BCUT2D eigenvalue weighted by atomic mass is 35.5. The Morgan fingerprint density at radius 2 is 1.80 bits per heavy atom. The van der Waals surface area contributed by atoms with Gasteiger partial charge in [0.2, 0.25) is 0 Å². The SMILES string of the molecule is CC1C(C(=O)NN2CCCCC2)=NN(c2ccc(Cl)cc2Cl)C1c1ccc(F)cc1. The van der Waals surface area contributed by atoms with Crippen LogP contribution in [0.4, 0.5) is 10.1 Å².